The normalized spacial score (nSPS) is 11.1. The predicted molar refractivity (Wildman–Crippen MR) is 86.8 cm³/mol. The average Bonchev–Trinajstić information content (AvgIpc) is 2.89. The number of carbonyl (C=O) groups is 1. The van der Waals surface area contributed by atoms with Gasteiger partial charge in [-0.2, -0.15) is 0 Å². The van der Waals surface area contributed by atoms with Crippen molar-refractivity contribution in [1.82, 2.24) is 14.4 Å². The summed E-state index contributed by atoms with van der Waals surface area (Å²) in [6, 6.07) is 8.38. The van der Waals surface area contributed by atoms with Crippen LogP contribution in [0.5, 0.6) is 0 Å². The Kier molecular flexibility index (Phi) is 3.63. The van der Waals surface area contributed by atoms with E-state index >= 15 is 0 Å². The molecular formula is C17H18N4O. The molecule has 1 amide bonds. The van der Waals surface area contributed by atoms with Gasteiger partial charge in [-0.3, -0.25) is 14.2 Å². The van der Waals surface area contributed by atoms with Crippen molar-refractivity contribution in [3.63, 3.8) is 0 Å². The van der Waals surface area contributed by atoms with Crippen molar-refractivity contribution in [2.24, 2.45) is 0 Å². The number of aromatic nitrogens is 3. The van der Waals surface area contributed by atoms with Gasteiger partial charge in [-0.15, -0.1) is 0 Å². The molecule has 3 rings (SSSR count). The number of nitrogens with zero attached hydrogens (tertiary/aromatic N) is 3. The molecule has 0 aliphatic rings. The van der Waals surface area contributed by atoms with Crippen molar-refractivity contribution in [2.75, 3.05) is 5.32 Å². The molecule has 5 heteroatoms. The fourth-order valence-electron chi connectivity index (χ4n) is 2.35. The van der Waals surface area contributed by atoms with Crippen LogP contribution in [0.15, 0.2) is 42.9 Å². The molecule has 0 saturated carbocycles. The van der Waals surface area contributed by atoms with Crippen LogP contribution in [-0.2, 0) is 4.79 Å². The van der Waals surface area contributed by atoms with Crippen molar-refractivity contribution in [2.45, 2.75) is 26.7 Å². The van der Waals surface area contributed by atoms with Gasteiger partial charge in [0.05, 0.1) is 18.1 Å². The number of hydrogen-bond donors (Lipinski definition) is 1. The Labute approximate surface area is 129 Å². The van der Waals surface area contributed by atoms with Crippen LogP contribution in [0.4, 0.5) is 5.82 Å². The van der Waals surface area contributed by atoms with Gasteiger partial charge in [0, 0.05) is 18.7 Å². The molecule has 1 aromatic carbocycles. The summed E-state index contributed by atoms with van der Waals surface area (Å²) in [7, 11) is 0. The van der Waals surface area contributed by atoms with E-state index in [0.29, 0.717) is 17.4 Å². The molecule has 0 spiro atoms. The maximum Gasteiger partial charge on any atom is 0.222 e. The molecule has 0 radical (unpaired) electrons. The Morgan fingerprint density at radius 2 is 1.86 bits per heavy atom. The highest BCUT2D eigenvalue weighted by Crippen LogP contribution is 2.22. The van der Waals surface area contributed by atoms with E-state index in [1.165, 1.54) is 12.5 Å². The van der Waals surface area contributed by atoms with Crippen LogP contribution in [-0.4, -0.2) is 20.3 Å². The molecule has 0 aliphatic heterocycles. The molecule has 0 fully saturated rings. The molecule has 0 bridgehead atoms. The van der Waals surface area contributed by atoms with E-state index in [-0.39, 0.29) is 5.91 Å². The third-order valence-electron chi connectivity index (χ3n) is 3.57. The van der Waals surface area contributed by atoms with Crippen LogP contribution >= 0.6 is 0 Å². The van der Waals surface area contributed by atoms with Crippen LogP contribution in [0.3, 0.4) is 0 Å². The highest BCUT2D eigenvalue weighted by molar-refractivity contribution is 5.88. The Hall–Kier alpha value is -2.69. The number of nitrogens with one attached hydrogen (secondary N) is 1. The first-order valence-corrected chi connectivity index (χ1v) is 7.25. The van der Waals surface area contributed by atoms with Crippen molar-refractivity contribution in [3.05, 3.63) is 48.4 Å². The van der Waals surface area contributed by atoms with Crippen LogP contribution in [0.1, 0.15) is 32.3 Å². The Balaban J connectivity index is 2.01. The fourth-order valence-corrected chi connectivity index (χ4v) is 2.35. The molecule has 0 atom stereocenters. The van der Waals surface area contributed by atoms with Crippen LogP contribution in [0.25, 0.3) is 16.9 Å². The number of carbonyl (C=O) groups excluding carboxylic acids is 1. The third kappa shape index (κ3) is 2.70. The van der Waals surface area contributed by atoms with Gasteiger partial charge >= 0.3 is 0 Å². The van der Waals surface area contributed by atoms with Gasteiger partial charge in [0.15, 0.2) is 5.65 Å². The highest BCUT2D eigenvalue weighted by Gasteiger charge is 2.08. The first-order valence-electron chi connectivity index (χ1n) is 7.25. The Morgan fingerprint density at radius 3 is 2.50 bits per heavy atom. The summed E-state index contributed by atoms with van der Waals surface area (Å²) in [5, 5.41) is 2.76. The molecule has 0 aliphatic carbocycles. The van der Waals surface area contributed by atoms with Gasteiger partial charge in [-0.25, -0.2) is 4.98 Å². The van der Waals surface area contributed by atoms with E-state index in [9.17, 15) is 4.79 Å². The van der Waals surface area contributed by atoms with Gasteiger partial charge in [0.1, 0.15) is 5.82 Å². The lowest BCUT2D eigenvalue weighted by Gasteiger charge is -2.08. The number of imidazole rings is 1. The van der Waals surface area contributed by atoms with E-state index in [1.807, 2.05) is 10.6 Å². The molecule has 1 N–H and O–H groups in total. The second kappa shape index (κ2) is 5.60. The zero-order valence-corrected chi connectivity index (χ0v) is 12.9. The van der Waals surface area contributed by atoms with Crippen molar-refractivity contribution < 1.29 is 4.79 Å². The van der Waals surface area contributed by atoms with Crippen molar-refractivity contribution >= 4 is 17.4 Å². The van der Waals surface area contributed by atoms with Crippen molar-refractivity contribution in [3.8, 4) is 11.3 Å². The van der Waals surface area contributed by atoms with Gasteiger partial charge in [-0.1, -0.05) is 38.1 Å². The van der Waals surface area contributed by atoms with E-state index < -0.39 is 0 Å². The highest BCUT2D eigenvalue weighted by atomic mass is 16.1. The van der Waals surface area contributed by atoms with E-state index in [0.717, 1.165) is 11.3 Å². The quantitative estimate of drug-likeness (QED) is 0.804. The van der Waals surface area contributed by atoms with Gasteiger partial charge in [0.2, 0.25) is 5.91 Å². The summed E-state index contributed by atoms with van der Waals surface area (Å²) in [5.41, 5.74) is 3.87. The topological polar surface area (TPSA) is 59.3 Å². The molecule has 112 valence electrons. The minimum Gasteiger partial charge on any atom is -0.311 e. The van der Waals surface area contributed by atoms with Gasteiger partial charge in [-0.05, 0) is 11.5 Å². The minimum atomic E-state index is -0.124. The average molecular weight is 294 g/mol. The summed E-state index contributed by atoms with van der Waals surface area (Å²) >= 11 is 0. The lowest BCUT2D eigenvalue weighted by Crippen LogP contribution is -2.08. The zero-order valence-electron chi connectivity index (χ0n) is 12.9. The molecule has 2 heterocycles. The maximum absolute atomic E-state index is 11.2. The number of amides is 1. The summed E-state index contributed by atoms with van der Waals surface area (Å²) < 4.78 is 1.83. The number of anilines is 1. The molecule has 5 nitrogen and oxygen atoms in total. The first kappa shape index (κ1) is 14.3. The predicted octanol–water partition coefficient (Wildman–Crippen LogP) is 3.48. The number of rotatable bonds is 3. The van der Waals surface area contributed by atoms with Crippen LogP contribution in [0.2, 0.25) is 0 Å². The van der Waals surface area contributed by atoms with Gasteiger partial charge in [0.25, 0.3) is 0 Å². The SMILES string of the molecule is CC(=O)Nc1cnc2cnc(-c3ccc(C(C)C)cc3)cn12. The third-order valence-corrected chi connectivity index (χ3v) is 3.57. The molecule has 0 saturated heterocycles. The van der Waals surface area contributed by atoms with E-state index in [1.54, 1.807) is 12.4 Å². The van der Waals surface area contributed by atoms with E-state index in [2.05, 4.69) is 53.4 Å². The monoisotopic (exact) mass is 294 g/mol. The largest absolute Gasteiger partial charge is 0.311 e. The first-order chi connectivity index (χ1) is 10.5. The molecule has 3 aromatic rings. The Morgan fingerprint density at radius 1 is 1.14 bits per heavy atom. The molecular weight excluding hydrogens is 276 g/mol. The van der Waals surface area contributed by atoms with Crippen molar-refractivity contribution in [1.29, 1.82) is 0 Å². The summed E-state index contributed by atoms with van der Waals surface area (Å²) in [5.74, 6) is 1.02. The molecule has 2 aromatic heterocycles. The minimum absolute atomic E-state index is 0.124. The lowest BCUT2D eigenvalue weighted by molar-refractivity contribution is -0.114. The zero-order chi connectivity index (χ0) is 15.7. The number of benzene rings is 1. The summed E-state index contributed by atoms with van der Waals surface area (Å²) in [6.07, 6.45) is 5.22. The second-order valence-electron chi connectivity index (χ2n) is 5.60. The summed E-state index contributed by atoms with van der Waals surface area (Å²) in [4.78, 5) is 19.9. The van der Waals surface area contributed by atoms with Crippen LogP contribution in [0, 0.1) is 0 Å². The second-order valence-corrected chi connectivity index (χ2v) is 5.60. The summed E-state index contributed by atoms with van der Waals surface area (Å²) in [6.45, 7) is 5.82. The lowest BCUT2D eigenvalue weighted by atomic mass is 10.0. The molecule has 22 heavy (non-hydrogen) atoms. The standard InChI is InChI=1S/C17H18N4O/c1-11(2)13-4-6-14(7-5-13)15-10-21-16(8-18-15)19-9-17(21)20-12(3)22/h4-11H,1-3H3,(H,20,22). The number of hydrogen-bond acceptors (Lipinski definition) is 3. The number of fused-ring (bicyclic) bond motifs is 1. The fraction of sp³-hybridized carbons (Fsp3) is 0.235. The maximum atomic E-state index is 11.2. The smallest absolute Gasteiger partial charge is 0.222 e. The van der Waals surface area contributed by atoms with Crippen LogP contribution < -0.4 is 5.32 Å². The molecule has 0 unspecified atom stereocenters. The Bertz CT molecular complexity index is 818. The van der Waals surface area contributed by atoms with Gasteiger partial charge < -0.3 is 5.32 Å². The van der Waals surface area contributed by atoms with E-state index in [4.69, 9.17) is 0 Å².